The molecule has 4 rings (SSSR count). The maximum absolute atomic E-state index is 13.0. The molecular formula is C19H16F3N3O3S. The fraction of sp³-hybridized carbons (Fsp3) is 0.263. The minimum atomic E-state index is -4.51. The number of amides is 1. The van der Waals surface area contributed by atoms with Crippen molar-refractivity contribution in [1.29, 1.82) is 0 Å². The molecule has 0 aliphatic heterocycles. The molecule has 0 unspecified atom stereocenters. The predicted octanol–water partition coefficient (Wildman–Crippen LogP) is 3.57. The summed E-state index contributed by atoms with van der Waals surface area (Å²) in [4.78, 5) is 16.0. The zero-order valence-corrected chi connectivity index (χ0v) is 16.0. The van der Waals surface area contributed by atoms with Crippen LogP contribution in [0.15, 0.2) is 42.9 Å². The summed E-state index contributed by atoms with van der Waals surface area (Å²) in [6.45, 7) is 1.75. The number of hydrogen-bond donors (Lipinski definition) is 1. The Balaban J connectivity index is 1.72. The number of aromatic nitrogens is 2. The summed E-state index contributed by atoms with van der Waals surface area (Å²) in [6, 6.07) is 5.53. The first-order chi connectivity index (χ1) is 13.6. The van der Waals surface area contributed by atoms with E-state index in [1.165, 1.54) is 18.3 Å². The number of nitrogens with one attached hydrogen (secondary N) is 1. The Kier molecular flexibility index (Phi) is 4.41. The highest BCUT2D eigenvalue weighted by Crippen LogP contribution is 2.32. The van der Waals surface area contributed by atoms with E-state index in [1.54, 1.807) is 23.8 Å². The number of carbonyl (C=O) groups is 1. The van der Waals surface area contributed by atoms with E-state index in [-0.39, 0.29) is 11.3 Å². The number of aryl methyl sites for hydroxylation is 1. The minimum Gasteiger partial charge on any atom is -0.315 e. The molecule has 2 aromatic heterocycles. The molecule has 0 atom stereocenters. The summed E-state index contributed by atoms with van der Waals surface area (Å²) in [7, 11) is -3.67. The molecule has 6 nitrogen and oxygen atoms in total. The molecule has 0 bridgehead atoms. The smallest absolute Gasteiger partial charge is 0.315 e. The molecule has 152 valence electrons. The number of pyridine rings is 1. The van der Waals surface area contributed by atoms with E-state index in [0.29, 0.717) is 23.7 Å². The number of rotatable bonds is 4. The van der Waals surface area contributed by atoms with Crippen LogP contribution in [0.2, 0.25) is 0 Å². The highest BCUT2D eigenvalue weighted by atomic mass is 32.2. The molecule has 1 amide bonds. The Morgan fingerprint density at radius 2 is 1.93 bits per heavy atom. The Labute approximate surface area is 164 Å². The summed E-state index contributed by atoms with van der Waals surface area (Å²) in [5.41, 5.74) is 0.814. The minimum absolute atomic E-state index is 0.157. The van der Waals surface area contributed by atoms with Gasteiger partial charge in [0.25, 0.3) is 5.91 Å². The van der Waals surface area contributed by atoms with Crippen LogP contribution < -0.4 is 4.72 Å². The van der Waals surface area contributed by atoms with E-state index in [2.05, 4.69) is 9.71 Å². The second-order valence-corrected chi connectivity index (χ2v) is 8.98. The number of sulfonamides is 1. The standard InChI is InChI=1S/C19H16F3N3O3S/c1-11-10-25(14-7-13(8-23-9-14)19(20,21)22)17-5-2-12(6-16(11)17)18(26)24-29(27,28)15-3-4-15/h2,5-10,15H,3-4H2,1H3,(H,24,26). The van der Waals surface area contributed by atoms with E-state index in [0.717, 1.165) is 17.8 Å². The summed E-state index contributed by atoms with van der Waals surface area (Å²) in [5.74, 6) is -0.730. The Hall–Kier alpha value is -2.88. The van der Waals surface area contributed by atoms with Crippen LogP contribution in [0.1, 0.15) is 34.3 Å². The molecule has 1 saturated carbocycles. The summed E-state index contributed by atoms with van der Waals surface area (Å²) in [6.07, 6.45) is 0.273. The average molecular weight is 423 g/mol. The molecule has 3 aromatic rings. The number of halogens is 3. The summed E-state index contributed by atoms with van der Waals surface area (Å²) in [5, 5.41) is 0.102. The third-order valence-corrected chi connectivity index (χ3v) is 6.61. The number of benzene rings is 1. The Bertz CT molecular complexity index is 1230. The third-order valence-electron chi connectivity index (χ3n) is 4.79. The molecular weight excluding hydrogens is 407 g/mol. The molecule has 1 aromatic carbocycles. The van der Waals surface area contributed by atoms with Gasteiger partial charge in [-0.25, -0.2) is 13.1 Å². The summed E-state index contributed by atoms with van der Waals surface area (Å²) >= 11 is 0. The van der Waals surface area contributed by atoms with Gasteiger partial charge in [0.2, 0.25) is 10.0 Å². The molecule has 29 heavy (non-hydrogen) atoms. The van der Waals surface area contributed by atoms with E-state index < -0.39 is 32.9 Å². The maximum atomic E-state index is 13.0. The van der Waals surface area contributed by atoms with Crippen LogP contribution in [0.25, 0.3) is 16.6 Å². The highest BCUT2D eigenvalue weighted by molar-refractivity contribution is 7.91. The van der Waals surface area contributed by atoms with Crippen LogP contribution in [0.5, 0.6) is 0 Å². The zero-order valence-electron chi connectivity index (χ0n) is 15.2. The van der Waals surface area contributed by atoms with Crippen LogP contribution in [-0.4, -0.2) is 29.1 Å². The zero-order chi connectivity index (χ0) is 21.0. The molecule has 2 heterocycles. The molecule has 10 heteroatoms. The average Bonchev–Trinajstić information content (AvgIpc) is 3.46. The quantitative estimate of drug-likeness (QED) is 0.696. The van der Waals surface area contributed by atoms with Crippen LogP contribution >= 0.6 is 0 Å². The number of fused-ring (bicyclic) bond motifs is 1. The van der Waals surface area contributed by atoms with Gasteiger partial charge in [-0.3, -0.25) is 9.78 Å². The molecule has 1 aliphatic carbocycles. The van der Waals surface area contributed by atoms with Gasteiger partial charge in [0, 0.05) is 23.3 Å². The van der Waals surface area contributed by atoms with E-state index in [1.807, 2.05) is 0 Å². The van der Waals surface area contributed by atoms with Crippen LogP contribution in [-0.2, 0) is 16.2 Å². The van der Waals surface area contributed by atoms with Crippen molar-refractivity contribution in [2.24, 2.45) is 0 Å². The van der Waals surface area contributed by atoms with Crippen molar-refractivity contribution < 1.29 is 26.4 Å². The van der Waals surface area contributed by atoms with Gasteiger partial charge in [0.05, 0.1) is 28.2 Å². The topological polar surface area (TPSA) is 81.1 Å². The van der Waals surface area contributed by atoms with Gasteiger partial charge >= 0.3 is 6.18 Å². The molecule has 0 spiro atoms. The highest BCUT2D eigenvalue weighted by Gasteiger charge is 2.37. The Morgan fingerprint density at radius 3 is 2.59 bits per heavy atom. The Morgan fingerprint density at radius 1 is 1.21 bits per heavy atom. The van der Waals surface area contributed by atoms with Crippen molar-refractivity contribution in [3.05, 3.63) is 59.5 Å². The molecule has 0 saturated heterocycles. The van der Waals surface area contributed by atoms with Gasteiger partial charge in [-0.1, -0.05) is 0 Å². The van der Waals surface area contributed by atoms with Gasteiger partial charge in [-0.05, 0) is 49.6 Å². The summed E-state index contributed by atoms with van der Waals surface area (Å²) < 4.78 is 66.6. The monoisotopic (exact) mass is 423 g/mol. The van der Waals surface area contributed by atoms with Crippen LogP contribution in [0.4, 0.5) is 13.2 Å². The van der Waals surface area contributed by atoms with Crippen LogP contribution in [0, 0.1) is 6.92 Å². The van der Waals surface area contributed by atoms with Crippen molar-refractivity contribution in [2.45, 2.75) is 31.2 Å². The lowest BCUT2D eigenvalue weighted by Gasteiger charge is -2.10. The van der Waals surface area contributed by atoms with Gasteiger partial charge < -0.3 is 4.57 Å². The number of alkyl halides is 3. The van der Waals surface area contributed by atoms with E-state index in [4.69, 9.17) is 0 Å². The van der Waals surface area contributed by atoms with Gasteiger partial charge in [-0.15, -0.1) is 0 Å². The first-order valence-electron chi connectivity index (χ1n) is 8.76. The van der Waals surface area contributed by atoms with Gasteiger partial charge in [0.15, 0.2) is 0 Å². The van der Waals surface area contributed by atoms with Gasteiger partial charge in [0.1, 0.15) is 0 Å². The van der Waals surface area contributed by atoms with Crippen molar-refractivity contribution in [3.63, 3.8) is 0 Å². The lowest BCUT2D eigenvalue weighted by Crippen LogP contribution is -2.33. The van der Waals surface area contributed by atoms with E-state index >= 15 is 0 Å². The molecule has 1 aliphatic rings. The number of carbonyl (C=O) groups excluding carboxylic acids is 1. The van der Waals surface area contributed by atoms with Crippen LogP contribution in [0.3, 0.4) is 0 Å². The third kappa shape index (κ3) is 3.71. The lowest BCUT2D eigenvalue weighted by atomic mass is 10.1. The van der Waals surface area contributed by atoms with Crippen molar-refractivity contribution in [3.8, 4) is 5.69 Å². The first-order valence-corrected chi connectivity index (χ1v) is 10.3. The second kappa shape index (κ2) is 6.58. The number of hydrogen-bond acceptors (Lipinski definition) is 4. The maximum Gasteiger partial charge on any atom is 0.417 e. The second-order valence-electron chi connectivity index (χ2n) is 7.02. The fourth-order valence-corrected chi connectivity index (χ4v) is 4.41. The first kappa shape index (κ1) is 19.4. The van der Waals surface area contributed by atoms with Crippen molar-refractivity contribution in [2.75, 3.05) is 0 Å². The normalized spacial score (nSPS) is 14.9. The lowest BCUT2D eigenvalue weighted by molar-refractivity contribution is -0.137. The predicted molar refractivity (Wildman–Crippen MR) is 100 cm³/mol. The van der Waals surface area contributed by atoms with Gasteiger partial charge in [-0.2, -0.15) is 13.2 Å². The van der Waals surface area contributed by atoms with Crippen molar-refractivity contribution in [1.82, 2.24) is 14.3 Å². The fourth-order valence-electron chi connectivity index (χ4n) is 3.11. The molecule has 1 N–H and O–H groups in total. The number of nitrogens with zero attached hydrogens (tertiary/aromatic N) is 2. The van der Waals surface area contributed by atoms with Crippen molar-refractivity contribution >= 4 is 26.8 Å². The largest absolute Gasteiger partial charge is 0.417 e. The SMILES string of the molecule is Cc1cn(-c2cncc(C(F)(F)F)c2)c2ccc(C(=O)NS(=O)(=O)C3CC3)cc12. The molecule has 1 fully saturated rings. The van der Waals surface area contributed by atoms with E-state index in [9.17, 15) is 26.4 Å². The molecule has 0 radical (unpaired) electrons.